The molecule has 0 saturated heterocycles. The van der Waals surface area contributed by atoms with E-state index in [1.54, 1.807) is 30.6 Å². The van der Waals surface area contributed by atoms with Crippen LogP contribution in [0.15, 0.2) is 73.1 Å². The molecule has 0 radical (unpaired) electrons. The van der Waals surface area contributed by atoms with Crippen LogP contribution >= 0.6 is 0 Å². The van der Waals surface area contributed by atoms with E-state index in [9.17, 15) is 4.39 Å². The lowest BCUT2D eigenvalue weighted by Gasteiger charge is -2.11. The minimum Gasteiger partial charge on any atom is -0.453 e. The molecule has 4 nitrogen and oxygen atoms in total. The lowest BCUT2D eigenvalue weighted by Crippen LogP contribution is -2.03. The lowest BCUT2D eigenvalue weighted by atomic mass is 10.1. The molecule has 0 fully saturated rings. The molecular weight excluding hydrogens is 341 g/mol. The Morgan fingerprint density at radius 2 is 1.93 bits per heavy atom. The van der Waals surface area contributed by atoms with Crippen molar-refractivity contribution < 1.29 is 9.13 Å². The van der Waals surface area contributed by atoms with E-state index in [1.165, 1.54) is 6.07 Å². The third-order valence-electron chi connectivity index (χ3n) is 4.26. The zero-order valence-corrected chi connectivity index (χ0v) is 14.8. The predicted octanol–water partition coefficient (Wildman–Crippen LogP) is 5.48. The van der Waals surface area contributed by atoms with Crippen LogP contribution in [0, 0.1) is 12.7 Å². The van der Waals surface area contributed by atoms with Gasteiger partial charge in [0.25, 0.3) is 0 Å². The van der Waals surface area contributed by atoms with Crippen molar-refractivity contribution in [3.63, 3.8) is 0 Å². The molecule has 5 heteroatoms. The SMILES string of the molecule is Cc1cc(NCc2ccc(Oc3cccnc3)c(F)c2)nc2ccccc12. The van der Waals surface area contributed by atoms with Crippen LogP contribution in [0.5, 0.6) is 11.5 Å². The first-order valence-corrected chi connectivity index (χ1v) is 8.65. The number of fused-ring (bicyclic) bond motifs is 1. The van der Waals surface area contributed by atoms with Crippen LogP contribution in [-0.4, -0.2) is 9.97 Å². The number of aryl methyl sites for hydroxylation is 1. The Labute approximate surface area is 156 Å². The van der Waals surface area contributed by atoms with Crippen molar-refractivity contribution in [3.8, 4) is 11.5 Å². The minimum atomic E-state index is -0.416. The maximum atomic E-state index is 14.3. The monoisotopic (exact) mass is 359 g/mol. The Morgan fingerprint density at radius 1 is 1.04 bits per heavy atom. The van der Waals surface area contributed by atoms with Crippen LogP contribution in [0.4, 0.5) is 10.2 Å². The Balaban J connectivity index is 1.48. The summed E-state index contributed by atoms with van der Waals surface area (Å²) in [7, 11) is 0. The highest BCUT2D eigenvalue weighted by Crippen LogP contribution is 2.25. The molecule has 4 rings (SSSR count). The summed E-state index contributed by atoms with van der Waals surface area (Å²) in [5.74, 6) is 1.02. The summed E-state index contributed by atoms with van der Waals surface area (Å²) in [6.07, 6.45) is 3.18. The zero-order chi connectivity index (χ0) is 18.6. The van der Waals surface area contributed by atoms with Gasteiger partial charge in [-0.3, -0.25) is 4.98 Å². The summed E-state index contributed by atoms with van der Waals surface area (Å²) in [6.45, 7) is 2.52. The number of aromatic nitrogens is 2. The molecule has 0 spiro atoms. The number of nitrogens with zero attached hydrogens (tertiary/aromatic N) is 2. The summed E-state index contributed by atoms with van der Waals surface area (Å²) in [4.78, 5) is 8.57. The molecule has 0 aliphatic carbocycles. The molecule has 1 N–H and O–H groups in total. The molecule has 2 aromatic carbocycles. The van der Waals surface area contributed by atoms with Crippen molar-refractivity contribution in [1.29, 1.82) is 0 Å². The zero-order valence-electron chi connectivity index (χ0n) is 14.8. The standard InChI is InChI=1S/C22H18FN3O/c1-15-11-22(26-20-7-3-2-6-18(15)20)25-13-16-8-9-21(19(23)12-16)27-17-5-4-10-24-14-17/h2-12,14H,13H2,1H3,(H,25,26). The van der Waals surface area contributed by atoms with Crippen LogP contribution in [0.3, 0.4) is 0 Å². The average molecular weight is 359 g/mol. The minimum absolute atomic E-state index is 0.173. The summed E-state index contributed by atoms with van der Waals surface area (Å²) >= 11 is 0. The van der Waals surface area contributed by atoms with Gasteiger partial charge in [0, 0.05) is 18.1 Å². The number of hydrogen-bond donors (Lipinski definition) is 1. The lowest BCUT2D eigenvalue weighted by molar-refractivity contribution is 0.440. The van der Waals surface area contributed by atoms with E-state index in [0.717, 1.165) is 27.8 Å². The van der Waals surface area contributed by atoms with E-state index < -0.39 is 5.82 Å². The van der Waals surface area contributed by atoms with E-state index in [-0.39, 0.29) is 5.75 Å². The number of hydrogen-bond acceptors (Lipinski definition) is 4. The highest BCUT2D eigenvalue weighted by atomic mass is 19.1. The van der Waals surface area contributed by atoms with Gasteiger partial charge in [-0.25, -0.2) is 9.37 Å². The summed E-state index contributed by atoms with van der Waals surface area (Å²) in [6, 6.07) is 18.4. The number of halogens is 1. The fraction of sp³-hybridized carbons (Fsp3) is 0.0909. The van der Waals surface area contributed by atoms with Gasteiger partial charge in [0.15, 0.2) is 11.6 Å². The first-order chi connectivity index (χ1) is 13.2. The number of rotatable bonds is 5. The van der Waals surface area contributed by atoms with E-state index in [0.29, 0.717) is 12.3 Å². The fourth-order valence-corrected chi connectivity index (χ4v) is 2.90. The van der Waals surface area contributed by atoms with Gasteiger partial charge in [-0.15, -0.1) is 0 Å². The van der Waals surface area contributed by atoms with Crippen LogP contribution in [0.25, 0.3) is 10.9 Å². The number of anilines is 1. The molecule has 2 heterocycles. The fourth-order valence-electron chi connectivity index (χ4n) is 2.90. The van der Waals surface area contributed by atoms with Crippen molar-refractivity contribution in [1.82, 2.24) is 9.97 Å². The van der Waals surface area contributed by atoms with E-state index in [2.05, 4.69) is 28.3 Å². The highest BCUT2D eigenvalue weighted by molar-refractivity contribution is 5.83. The predicted molar refractivity (Wildman–Crippen MR) is 105 cm³/mol. The van der Waals surface area contributed by atoms with Crippen molar-refractivity contribution in [2.24, 2.45) is 0 Å². The van der Waals surface area contributed by atoms with E-state index in [1.807, 2.05) is 30.3 Å². The first kappa shape index (κ1) is 17.0. The van der Waals surface area contributed by atoms with Crippen molar-refractivity contribution in [2.75, 3.05) is 5.32 Å². The smallest absolute Gasteiger partial charge is 0.166 e. The number of benzene rings is 2. The molecule has 27 heavy (non-hydrogen) atoms. The number of para-hydroxylation sites is 1. The van der Waals surface area contributed by atoms with Crippen LogP contribution in [-0.2, 0) is 6.54 Å². The van der Waals surface area contributed by atoms with Gasteiger partial charge in [-0.05, 0) is 54.4 Å². The Morgan fingerprint density at radius 3 is 2.74 bits per heavy atom. The molecule has 0 bridgehead atoms. The van der Waals surface area contributed by atoms with Gasteiger partial charge in [-0.1, -0.05) is 24.3 Å². The normalized spacial score (nSPS) is 10.7. The summed E-state index contributed by atoms with van der Waals surface area (Å²) in [5.41, 5.74) is 2.89. The third kappa shape index (κ3) is 3.87. The molecule has 0 atom stereocenters. The van der Waals surface area contributed by atoms with Gasteiger partial charge in [0.2, 0.25) is 0 Å². The Hall–Kier alpha value is -3.47. The second-order valence-electron chi connectivity index (χ2n) is 6.25. The number of nitrogens with one attached hydrogen (secondary N) is 1. The average Bonchev–Trinajstić information content (AvgIpc) is 2.69. The van der Waals surface area contributed by atoms with Crippen LogP contribution in [0.2, 0.25) is 0 Å². The largest absolute Gasteiger partial charge is 0.453 e. The second kappa shape index (κ2) is 7.41. The van der Waals surface area contributed by atoms with Crippen molar-refractivity contribution in [3.05, 3.63) is 90.0 Å². The number of ether oxygens (including phenoxy) is 1. The van der Waals surface area contributed by atoms with Gasteiger partial charge < -0.3 is 10.1 Å². The quantitative estimate of drug-likeness (QED) is 0.512. The molecule has 134 valence electrons. The van der Waals surface area contributed by atoms with Crippen LogP contribution in [0.1, 0.15) is 11.1 Å². The molecule has 2 aromatic heterocycles. The molecule has 0 unspecified atom stereocenters. The maximum absolute atomic E-state index is 14.3. The Kier molecular flexibility index (Phi) is 4.66. The first-order valence-electron chi connectivity index (χ1n) is 8.65. The molecule has 4 aromatic rings. The van der Waals surface area contributed by atoms with E-state index >= 15 is 0 Å². The van der Waals surface area contributed by atoms with Gasteiger partial charge >= 0.3 is 0 Å². The van der Waals surface area contributed by atoms with Gasteiger partial charge in [-0.2, -0.15) is 0 Å². The second-order valence-corrected chi connectivity index (χ2v) is 6.25. The molecule has 0 amide bonds. The highest BCUT2D eigenvalue weighted by Gasteiger charge is 2.07. The third-order valence-corrected chi connectivity index (χ3v) is 4.26. The summed E-state index contributed by atoms with van der Waals surface area (Å²) in [5, 5.41) is 4.39. The maximum Gasteiger partial charge on any atom is 0.166 e. The molecular formula is C22H18FN3O. The van der Waals surface area contributed by atoms with Gasteiger partial charge in [0.1, 0.15) is 11.6 Å². The topological polar surface area (TPSA) is 47.0 Å². The summed E-state index contributed by atoms with van der Waals surface area (Å²) < 4.78 is 19.9. The molecule has 0 aliphatic rings. The molecule has 0 saturated carbocycles. The van der Waals surface area contributed by atoms with Gasteiger partial charge in [0.05, 0.1) is 11.7 Å². The van der Waals surface area contributed by atoms with E-state index in [4.69, 9.17) is 4.74 Å². The van der Waals surface area contributed by atoms with Crippen LogP contribution < -0.4 is 10.1 Å². The Bertz CT molecular complexity index is 1080. The van der Waals surface area contributed by atoms with Crippen molar-refractivity contribution >= 4 is 16.7 Å². The number of pyridine rings is 2. The van der Waals surface area contributed by atoms with Crippen molar-refractivity contribution in [2.45, 2.75) is 13.5 Å². The molecule has 0 aliphatic heterocycles.